The molecule has 53 heavy (non-hydrogen) atoms. The summed E-state index contributed by atoms with van der Waals surface area (Å²) in [5.74, 6) is -3.47. The van der Waals surface area contributed by atoms with Crippen LogP contribution in [0.4, 0.5) is 0 Å². The van der Waals surface area contributed by atoms with Gasteiger partial charge in [-0.05, 0) is 23.1 Å². The van der Waals surface area contributed by atoms with E-state index in [1.807, 2.05) is 59.5 Å². The second kappa shape index (κ2) is 24.0. The van der Waals surface area contributed by atoms with Crippen LogP contribution < -0.4 is 16.0 Å². The van der Waals surface area contributed by atoms with Crippen molar-refractivity contribution in [2.45, 2.75) is 45.1 Å². The summed E-state index contributed by atoms with van der Waals surface area (Å²) in [6, 6.07) is 17.3. The first-order chi connectivity index (χ1) is 25.5. The standard InChI is InChI=1S/C38H57N7O8/c1-2-3-7-15-40-38(53)33(25-30-10-12-32(13-11-30)31-8-5-4-6-9-31)41-34(46)14-16-39-29-45-23-21-43(27-36(49)50)19-17-42(26-35(47)48)18-20-44(22-24-45)28-37(51)52/h4-6,8-13,33,39H,2-3,7,14-29H2,1H3,(H,40,53)(H,41,46)(H,47,48)(H,49,50)(H,51,52)/t33-/m1/s1. The van der Waals surface area contributed by atoms with Crippen LogP contribution in [-0.4, -0.2) is 162 Å². The number of rotatable bonds is 20. The van der Waals surface area contributed by atoms with E-state index in [4.69, 9.17) is 0 Å². The number of nitrogens with one attached hydrogen (secondary N) is 3. The van der Waals surface area contributed by atoms with Gasteiger partial charge in [0.25, 0.3) is 0 Å². The molecule has 2 aromatic rings. The number of benzene rings is 2. The summed E-state index contributed by atoms with van der Waals surface area (Å²) < 4.78 is 0. The van der Waals surface area contributed by atoms with Gasteiger partial charge in [-0.15, -0.1) is 0 Å². The van der Waals surface area contributed by atoms with Crippen molar-refractivity contribution in [3.05, 3.63) is 60.2 Å². The number of carboxylic acids is 3. The van der Waals surface area contributed by atoms with E-state index >= 15 is 0 Å². The fourth-order valence-electron chi connectivity index (χ4n) is 6.11. The number of carboxylic acid groups (broad SMARTS) is 3. The molecular formula is C38H57N7O8. The van der Waals surface area contributed by atoms with Crippen molar-refractivity contribution in [3.8, 4) is 11.1 Å². The van der Waals surface area contributed by atoms with E-state index in [2.05, 4.69) is 22.9 Å². The zero-order chi connectivity index (χ0) is 38.4. The number of unbranched alkanes of at least 4 members (excludes halogenated alkanes) is 2. The highest BCUT2D eigenvalue weighted by Crippen LogP contribution is 2.20. The highest BCUT2D eigenvalue weighted by Gasteiger charge is 2.22. The van der Waals surface area contributed by atoms with Crippen LogP contribution in [0.25, 0.3) is 11.1 Å². The lowest BCUT2D eigenvalue weighted by atomic mass is 10.00. The highest BCUT2D eigenvalue weighted by molar-refractivity contribution is 5.88. The molecule has 1 saturated heterocycles. The van der Waals surface area contributed by atoms with Gasteiger partial charge in [-0.1, -0.05) is 74.4 Å². The molecule has 15 heteroatoms. The lowest BCUT2D eigenvalue weighted by molar-refractivity contribution is -0.140. The molecule has 0 bridgehead atoms. The number of carbonyl (C=O) groups excluding carboxylic acids is 2. The predicted molar refractivity (Wildman–Crippen MR) is 201 cm³/mol. The van der Waals surface area contributed by atoms with Crippen molar-refractivity contribution in [2.75, 3.05) is 91.8 Å². The fraction of sp³-hybridized carbons (Fsp3) is 0.553. The Labute approximate surface area is 312 Å². The van der Waals surface area contributed by atoms with Gasteiger partial charge in [-0.25, -0.2) is 0 Å². The largest absolute Gasteiger partial charge is 0.480 e. The molecule has 0 spiro atoms. The van der Waals surface area contributed by atoms with Crippen molar-refractivity contribution in [3.63, 3.8) is 0 Å². The third kappa shape index (κ3) is 17.8. The lowest BCUT2D eigenvalue weighted by Crippen LogP contribution is -2.50. The van der Waals surface area contributed by atoms with Crippen molar-refractivity contribution >= 4 is 29.7 Å². The molecule has 0 aliphatic carbocycles. The molecule has 0 radical (unpaired) electrons. The third-order valence-corrected chi connectivity index (χ3v) is 9.10. The second-order valence-corrected chi connectivity index (χ2v) is 13.4. The number of carbonyl (C=O) groups is 5. The SMILES string of the molecule is CCCCCNC(=O)[C@@H](Cc1ccc(-c2ccccc2)cc1)NC(=O)CCNCN1CCN(CC(=O)O)CCN(CC(=O)O)CCN(CC(=O)O)CC1. The van der Waals surface area contributed by atoms with Crippen molar-refractivity contribution < 1.29 is 39.3 Å². The molecule has 0 aromatic heterocycles. The number of hydrogen-bond donors (Lipinski definition) is 6. The topological polar surface area (TPSA) is 195 Å². The van der Waals surface area contributed by atoms with Crippen LogP contribution in [-0.2, 0) is 30.4 Å². The average molecular weight is 740 g/mol. The van der Waals surface area contributed by atoms with Crippen LogP contribution in [0.5, 0.6) is 0 Å². The van der Waals surface area contributed by atoms with Crippen LogP contribution in [0.3, 0.4) is 0 Å². The summed E-state index contributed by atoms with van der Waals surface area (Å²) in [6.07, 6.45) is 3.36. The van der Waals surface area contributed by atoms with Crippen LogP contribution in [0.1, 0.15) is 38.2 Å². The number of hydrogen-bond acceptors (Lipinski definition) is 10. The minimum atomic E-state index is -1.01. The van der Waals surface area contributed by atoms with E-state index in [9.17, 15) is 39.3 Å². The van der Waals surface area contributed by atoms with Gasteiger partial charge in [-0.3, -0.25) is 43.6 Å². The Bertz CT molecular complexity index is 1400. The van der Waals surface area contributed by atoms with Gasteiger partial charge in [-0.2, -0.15) is 0 Å². The van der Waals surface area contributed by atoms with Crippen LogP contribution in [0, 0.1) is 0 Å². The quantitative estimate of drug-likeness (QED) is 0.106. The Morgan fingerprint density at radius 3 is 1.62 bits per heavy atom. The molecule has 1 heterocycles. The molecule has 15 nitrogen and oxygen atoms in total. The summed E-state index contributed by atoms with van der Waals surface area (Å²) >= 11 is 0. The van der Waals surface area contributed by atoms with Gasteiger partial charge in [0.1, 0.15) is 6.04 Å². The Morgan fingerprint density at radius 2 is 1.13 bits per heavy atom. The predicted octanol–water partition coefficient (Wildman–Crippen LogP) is 1.10. The Morgan fingerprint density at radius 1 is 0.642 bits per heavy atom. The van der Waals surface area contributed by atoms with Gasteiger partial charge in [0.15, 0.2) is 0 Å². The highest BCUT2D eigenvalue weighted by atomic mass is 16.4. The monoisotopic (exact) mass is 739 g/mol. The van der Waals surface area contributed by atoms with Crippen LogP contribution >= 0.6 is 0 Å². The first-order valence-electron chi connectivity index (χ1n) is 18.5. The first kappa shape index (κ1) is 43.0. The third-order valence-electron chi connectivity index (χ3n) is 9.10. The molecule has 6 N–H and O–H groups in total. The minimum Gasteiger partial charge on any atom is -0.480 e. The van der Waals surface area contributed by atoms with Gasteiger partial charge in [0.05, 0.1) is 19.6 Å². The van der Waals surface area contributed by atoms with Gasteiger partial charge in [0.2, 0.25) is 11.8 Å². The second-order valence-electron chi connectivity index (χ2n) is 13.4. The summed E-state index contributed by atoms with van der Waals surface area (Å²) in [5.41, 5.74) is 3.08. The molecule has 1 atom stereocenters. The zero-order valence-corrected chi connectivity index (χ0v) is 30.9. The van der Waals surface area contributed by atoms with Crippen molar-refractivity contribution in [1.29, 1.82) is 0 Å². The summed E-state index contributed by atoms with van der Waals surface area (Å²) in [4.78, 5) is 68.2. The maximum Gasteiger partial charge on any atom is 0.317 e. The summed E-state index contributed by atoms with van der Waals surface area (Å²) in [6.45, 7) is 5.76. The molecule has 2 aromatic carbocycles. The zero-order valence-electron chi connectivity index (χ0n) is 30.9. The Balaban J connectivity index is 1.59. The molecule has 2 amide bonds. The van der Waals surface area contributed by atoms with Crippen molar-refractivity contribution in [1.82, 2.24) is 35.6 Å². The van der Waals surface area contributed by atoms with E-state index < -0.39 is 23.9 Å². The molecule has 1 aliphatic rings. The smallest absolute Gasteiger partial charge is 0.317 e. The van der Waals surface area contributed by atoms with Gasteiger partial charge in [0, 0.05) is 85.0 Å². The number of amides is 2. The van der Waals surface area contributed by atoms with E-state index in [1.165, 1.54) is 0 Å². The average Bonchev–Trinajstić information content (AvgIpc) is 3.12. The van der Waals surface area contributed by atoms with E-state index in [0.717, 1.165) is 36.0 Å². The number of aliphatic carboxylic acids is 3. The van der Waals surface area contributed by atoms with Gasteiger partial charge < -0.3 is 31.3 Å². The molecule has 1 aliphatic heterocycles. The maximum absolute atomic E-state index is 13.2. The summed E-state index contributed by atoms with van der Waals surface area (Å²) in [7, 11) is 0. The molecular weight excluding hydrogens is 682 g/mol. The molecule has 0 saturated carbocycles. The van der Waals surface area contributed by atoms with E-state index in [1.54, 1.807) is 14.7 Å². The normalized spacial score (nSPS) is 16.2. The molecule has 1 fully saturated rings. The Kier molecular flexibility index (Phi) is 19.5. The van der Waals surface area contributed by atoms with Crippen molar-refractivity contribution in [2.24, 2.45) is 0 Å². The Hall–Kier alpha value is -4.41. The number of nitrogens with zero attached hydrogens (tertiary/aromatic N) is 4. The minimum absolute atomic E-state index is 0.121. The molecule has 0 unspecified atom stereocenters. The molecule has 3 rings (SSSR count). The van der Waals surface area contributed by atoms with Gasteiger partial charge >= 0.3 is 17.9 Å². The summed E-state index contributed by atoms with van der Waals surface area (Å²) in [5, 5.41) is 37.5. The fourth-order valence-corrected chi connectivity index (χ4v) is 6.11. The maximum atomic E-state index is 13.2. The van der Waals surface area contributed by atoms with Crippen LogP contribution in [0.15, 0.2) is 54.6 Å². The molecule has 292 valence electrons. The van der Waals surface area contributed by atoms with E-state index in [-0.39, 0.29) is 37.9 Å². The lowest BCUT2D eigenvalue weighted by Gasteiger charge is -2.33. The van der Waals surface area contributed by atoms with Crippen LogP contribution in [0.2, 0.25) is 0 Å². The van der Waals surface area contributed by atoms with E-state index in [0.29, 0.717) is 78.5 Å². The first-order valence-corrected chi connectivity index (χ1v) is 18.5.